The van der Waals surface area contributed by atoms with E-state index in [4.69, 9.17) is 5.73 Å². The Morgan fingerprint density at radius 3 is 2.67 bits per heavy atom. The molecule has 6 heteroatoms. The summed E-state index contributed by atoms with van der Waals surface area (Å²) in [5.41, 5.74) is 13.2. The van der Waals surface area contributed by atoms with Crippen LogP contribution in [0.25, 0.3) is 0 Å². The SMILES string of the molecule is CCC1C(NC(=O)CCCN)NNC1c1ccc(Br)cc1. The lowest BCUT2D eigenvalue weighted by Crippen LogP contribution is -2.46. The lowest BCUT2D eigenvalue weighted by molar-refractivity contribution is -0.122. The average molecular weight is 355 g/mol. The minimum absolute atomic E-state index is 0.0473. The third kappa shape index (κ3) is 4.26. The van der Waals surface area contributed by atoms with Crippen molar-refractivity contribution in [2.24, 2.45) is 11.7 Å². The van der Waals surface area contributed by atoms with E-state index in [1.54, 1.807) is 0 Å². The Hall–Kier alpha value is -0.950. The first-order valence-electron chi connectivity index (χ1n) is 7.41. The second-order valence-corrected chi connectivity index (χ2v) is 6.24. The average Bonchev–Trinajstić information content (AvgIpc) is 2.88. The van der Waals surface area contributed by atoms with E-state index >= 15 is 0 Å². The zero-order chi connectivity index (χ0) is 15.2. The highest BCUT2D eigenvalue weighted by molar-refractivity contribution is 9.10. The molecular weight excluding hydrogens is 332 g/mol. The molecule has 1 fully saturated rings. The molecule has 5 nitrogen and oxygen atoms in total. The Morgan fingerprint density at radius 2 is 2.05 bits per heavy atom. The number of hydrogen-bond donors (Lipinski definition) is 4. The van der Waals surface area contributed by atoms with E-state index in [0.29, 0.717) is 18.9 Å². The first kappa shape index (κ1) is 16.4. The van der Waals surface area contributed by atoms with Crippen molar-refractivity contribution in [2.45, 2.75) is 38.4 Å². The lowest BCUT2D eigenvalue weighted by Gasteiger charge is -2.22. The third-order valence-corrected chi connectivity index (χ3v) is 4.40. The quantitative estimate of drug-likeness (QED) is 0.628. The number of hydrogen-bond acceptors (Lipinski definition) is 4. The van der Waals surface area contributed by atoms with Crippen LogP contribution in [0.5, 0.6) is 0 Å². The molecule has 0 aliphatic carbocycles. The fourth-order valence-electron chi connectivity index (χ4n) is 2.71. The van der Waals surface area contributed by atoms with E-state index in [0.717, 1.165) is 17.3 Å². The van der Waals surface area contributed by atoms with Crippen molar-refractivity contribution in [2.75, 3.05) is 6.54 Å². The second kappa shape index (κ2) is 7.89. The van der Waals surface area contributed by atoms with Gasteiger partial charge in [0.15, 0.2) is 0 Å². The van der Waals surface area contributed by atoms with Crippen molar-refractivity contribution in [1.82, 2.24) is 16.2 Å². The summed E-state index contributed by atoms with van der Waals surface area (Å²) in [7, 11) is 0. The molecule has 0 radical (unpaired) electrons. The molecule has 1 aromatic carbocycles. The maximum atomic E-state index is 11.9. The molecule has 1 amide bonds. The van der Waals surface area contributed by atoms with Crippen LogP contribution in [-0.4, -0.2) is 18.6 Å². The van der Waals surface area contributed by atoms with Gasteiger partial charge in [0.2, 0.25) is 5.91 Å². The normalized spacial score (nSPS) is 25.0. The molecule has 1 aromatic rings. The number of nitrogens with one attached hydrogen (secondary N) is 3. The molecule has 1 saturated heterocycles. The molecule has 3 unspecified atom stereocenters. The summed E-state index contributed by atoms with van der Waals surface area (Å²) in [4.78, 5) is 11.9. The summed E-state index contributed by atoms with van der Waals surface area (Å²) in [6, 6.07) is 8.48. The van der Waals surface area contributed by atoms with Crippen molar-refractivity contribution >= 4 is 21.8 Å². The van der Waals surface area contributed by atoms with Gasteiger partial charge >= 0.3 is 0 Å². The maximum Gasteiger partial charge on any atom is 0.221 e. The molecule has 0 saturated carbocycles. The Balaban J connectivity index is 2.00. The zero-order valence-corrected chi connectivity index (χ0v) is 13.8. The van der Waals surface area contributed by atoms with Crippen LogP contribution in [0.1, 0.15) is 37.8 Å². The van der Waals surface area contributed by atoms with Gasteiger partial charge in [-0.1, -0.05) is 35.0 Å². The minimum atomic E-state index is -0.0473. The Bertz CT molecular complexity index is 465. The van der Waals surface area contributed by atoms with E-state index in [1.165, 1.54) is 5.56 Å². The monoisotopic (exact) mass is 354 g/mol. The standard InChI is InChI=1S/C15H23BrN4O/c1-2-12-14(10-5-7-11(16)8-6-10)19-20-15(12)18-13(21)4-3-9-17/h5-8,12,14-15,19-20H,2-4,9,17H2,1H3,(H,18,21). The highest BCUT2D eigenvalue weighted by Gasteiger charge is 2.36. The number of benzene rings is 1. The van der Waals surface area contributed by atoms with Crippen LogP contribution in [0.3, 0.4) is 0 Å². The first-order chi connectivity index (χ1) is 10.2. The number of carbonyl (C=O) groups excluding carboxylic acids is 1. The van der Waals surface area contributed by atoms with E-state index in [2.05, 4.69) is 51.2 Å². The summed E-state index contributed by atoms with van der Waals surface area (Å²) >= 11 is 3.45. The zero-order valence-electron chi connectivity index (χ0n) is 12.2. The molecule has 1 aliphatic heterocycles. The van der Waals surface area contributed by atoms with Gasteiger partial charge < -0.3 is 11.1 Å². The largest absolute Gasteiger partial charge is 0.339 e. The Labute approximate surface area is 134 Å². The summed E-state index contributed by atoms with van der Waals surface area (Å²) in [5.74, 6) is 0.364. The van der Waals surface area contributed by atoms with Gasteiger partial charge in [0, 0.05) is 16.8 Å². The van der Waals surface area contributed by atoms with Crippen molar-refractivity contribution in [3.63, 3.8) is 0 Å². The van der Waals surface area contributed by atoms with Gasteiger partial charge in [0.1, 0.15) is 0 Å². The maximum absolute atomic E-state index is 11.9. The number of hydrazine groups is 1. The number of nitrogens with two attached hydrogens (primary N) is 1. The molecule has 1 aliphatic rings. The predicted octanol–water partition coefficient (Wildman–Crippen LogP) is 1.81. The summed E-state index contributed by atoms with van der Waals surface area (Å²) in [6.07, 6.45) is 2.13. The smallest absolute Gasteiger partial charge is 0.221 e. The molecule has 116 valence electrons. The molecule has 1 heterocycles. The lowest BCUT2D eigenvalue weighted by atomic mass is 9.90. The fraction of sp³-hybridized carbons (Fsp3) is 0.533. The summed E-state index contributed by atoms with van der Waals surface area (Å²) in [6.45, 7) is 2.69. The molecule has 0 spiro atoms. The number of rotatable bonds is 6. The van der Waals surface area contributed by atoms with Gasteiger partial charge in [-0.15, -0.1) is 0 Å². The molecule has 5 N–H and O–H groups in total. The van der Waals surface area contributed by atoms with E-state index < -0.39 is 0 Å². The van der Waals surface area contributed by atoms with Gasteiger partial charge in [0.05, 0.1) is 12.2 Å². The van der Waals surface area contributed by atoms with Crippen molar-refractivity contribution in [3.8, 4) is 0 Å². The van der Waals surface area contributed by atoms with Gasteiger partial charge in [-0.2, -0.15) is 0 Å². The van der Waals surface area contributed by atoms with Crippen molar-refractivity contribution < 1.29 is 4.79 Å². The molecular formula is C15H23BrN4O. The molecule has 3 atom stereocenters. The number of carbonyl (C=O) groups is 1. The van der Waals surface area contributed by atoms with Crippen LogP contribution in [0, 0.1) is 5.92 Å². The Morgan fingerprint density at radius 1 is 1.33 bits per heavy atom. The molecule has 0 aromatic heterocycles. The van der Waals surface area contributed by atoms with Crippen LogP contribution >= 0.6 is 15.9 Å². The fourth-order valence-corrected chi connectivity index (χ4v) is 2.97. The summed E-state index contributed by atoms with van der Waals surface area (Å²) in [5, 5.41) is 3.05. The number of halogens is 1. The van der Waals surface area contributed by atoms with Crippen molar-refractivity contribution in [3.05, 3.63) is 34.3 Å². The van der Waals surface area contributed by atoms with E-state index in [-0.39, 0.29) is 18.1 Å². The van der Waals surface area contributed by atoms with Crippen LogP contribution in [-0.2, 0) is 4.79 Å². The van der Waals surface area contributed by atoms with Gasteiger partial charge in [-0.3, -0.25) is 4.79 Å². The van der Waals surface area contributed by atoms with Crippen LogP contribution in [0.2, 0.25) is 0 Å². The topological polar surface area (TPSA) is 79.2 Å². The van der Waals surface area contributed by atoms with Crippen LogP contribution < -0.4 is 21.9 Å². The Kier molecular flexibility index (Phi) is 6.17. The molecule has 2 rings (SSSR count). The number of amides is 1. The van der Waals surface area contributed by atoms with Gasteiger partial charge in [-0.25, -0.2) is 10.9 Å². The van der Waals surface area contributed by atoms with Crippen molar-refractivity contribution in [1.29, 1.82) is 0 Å². The minimum Gasteiger partial charge on any atom is -0.339 e. The molecule has 21 heavy (non-hydrogen) atoms. The second-order valence-electron chi connectivity index (χ2n) is 5.33. The third-order valence-electron chi connectivity index (χ3n) is 3.88. The van der Waals surface area contributed by atoms with Crippen LogP contribution in [0.15, 0.2) is 28.7 Å². The van der Waals surface area contributed by atoms with Gasteiger partial charge in [-0.05, 0) is 37.1 Å². The van der Waals surface area contributed by atoms with Crippen LogP contribution in [0.4, 0.5) is 0 Å². The predicted molar refractivity (Wildman–Crippen MR) is 87.2 cm³/mol. The van der Waals surface area contributed by atoms with Gasteiger partial charge in [0.25, 0.3) is 0 Å². The molecule has 0 bridgehead atoms. The first-order valence-corrected chi connectivity index (χ1v) is 8.21. The summed E-state index contributed by atoms with van der Waals surface area (Å²) < 4.78 is 1.07. The van der Waals surface area contributed by atoms with E-state index in [1.807, 2.05) is 12.1 Å². The highest BCUT2D eigenvalue weighted by Crippen LogP contribution is 2.30. The van der Waals surface area contributed by atoms with E-state index in [9.17, 15) is 4.79 Å². The highest BCUT2D eigenvalue weighted by atomic mass is 79.9.